The maximum Gasteiger partial charge on any atom is 0.210 e. The van der Waals surface area contributed by atoms with Gasteiger partial charge in [-0.25, -0.2) is 0 Å². The van der Waals surface area contributed by atoms with Crippen LogP contribution in [0.25, 0.3) is 0 Å². The Morgan fingerprint density at radius 1 is 1.09 bits per heavy atom. The van der Waals surface area contributed by atoms with E-state index in [0.29, 0.717) is 22.5 Å². The zero-order valence-corrected chi connectivity index (χ0v) is 20.0. The number of piperazine rings is 1. The molecule has 33 heavy (non-hydrogen) atoms. The van der Waals surface area contributed by atoms with Crippen LogP contribution in [-0.4, -0.2) is 63.3 Å². The summed E-state index contributed by atoms with van der Waals surface area (Å²) < 4.78 is 12.6. The lowest BCUT2D eigenvalue weighted by molar-refractivity contribution is -0.907. The predicted molar refractivity (Wildman–Crippen MR) is 131 cm³/mol. The van der Waals surface area contributed by atoms with Gasteiger partial charge in [0.2, 0.25) is 5.78 Å². The molecule has 1 aliphatic carbocycles. The van der Waals surface area contributed by atoms with Crippen LogP contribution in [0.3, 0.4) is 0 Å². The molecule has 1 saturated heterocycles. The monoisotopic (exact) mass is 447 g/mol. The largest absolute Gasteiger partial charge is 0.493 e. The van der Waals surface area contributed by atoms with Crippen LogP contribution in [0, 0.1) is 11.8 Å². The molecule has 0 amide bonds. The van der Waals surface area contributed by atoms with Crippen LogP contribution < -0.4 is 14.8 Å². The molecule has 0 aromatic heterocycles. The fourth-order valence-electron chi connectivity index (χ4n) is 4.79. The first-order chi connectivity index (χ1) is 16.0. The number of hydrogen-bond donors (Lipinski definition) is 1. The van der Waals surface area contributed by atoms with Crippen LogP contribution in [-0.2, 0) is 4.79 Å². The van der Waals surface area contributed by atoms with E-state index in [1.54, 1.807) is 7.11 Å². The average molecular weight is 448 g/mol. The number of carbonyl (C=O) groups excluding carboxylic acids is 1. The molecule has 174 valence electrons. The second kappa shape index (κ2) is 10.4. The van der Waals surface area contributed by atoms with Gasteiger partial charge >= 0.3 is 0 Å². The number of nitrogens with zero attached hydrogens (tertiary/aromatic N) is 1. The third-order valence-corrected chi connectivity index (χ3v) is 6.91. The van der Waals surface area contributed by atoms with Crippen LogP contribution in [0.15, 0.2) is 48.5 Å². The first-order valence-electron chi connectivity index (χ1n) is 12.0. The Hall–Kier alpha value is -2.81. The van der Waals surface area contributed by atoms with E-state index in [1.807, 2.05) is 48.5 Å². The quantitative estimate of drug-likeness (QED) is 0.541. The van der Waals surface area contributed by atoms with Crippen LogP contribution in [0.1, 0.15) is 42.7 Å². The van der Waals surface area contributed by atoms with E-state index in [2.05, 4.69) is 31.3 Å². The summed E-state index contributed by atoms with van der Waals surface area (Å²) in [6.07, 6.45) is 4.71. The number of likely N-dealkylation sites (N-methyl/N-ethyl adjacent to an activating group) is 1. The molecule has 5 nitrogen and oxygen atoms in total. The minimum Gasteiger partial charge on any atom is -0.493 e. The number of benzene rings is 2. The highest BCUT2D eigenvalue weighted by molar-refractivity contribution is 5.93. The van der Waals surface area contributed by atoms with Crippen molar-refractivity contribution in [3.05, 3.63) is 59.7 Å². The lowest BCUT2D eigenvalue weighted by atomic mass is 9.88. The summed E-state index contributed by atoms with van der Waals surface area (Å²) in [7, 11) is 5.92. The van der Waals surface area contributed by atoms with Crippen molar-refractivity contribution in [3.8, 4) is 23.3 Å². The molecule has 2 aromatic carbocycles. The minimum atomic E-state index is -0.538. The van der Waals surface area contributed by atoms with Gasteiger partial charge in [-0.05, 0) is 55.5 Å². The number of quaternary nitrogens is 1. The summed E-state index contributed by atoms with van der Waals surface area (Å²) >= 11 is 0. The number of ketones is 1. The van der Waals surface area contributed by atoms with Crippen molar-refractivity contribution in [1.82, 2.24) is 5.32 Å². The van der Waals surface area contributed by atoms with Gasteiger partial charge in [-0.2, -0.15) is 0 Å². The molecule has 2 aromatic rings. The smallest absolute Gasteiger partial charge is 0.210 e. The third kappa shape index (κ3) is 5.58. The van der Waals surface area contributed by atoms with Gasteiger partial charge in [-0.1, -0.05) is 36.1 Å². The number of carbonyl (C=O) groups is 1. The lowest BCUT2D eigenvalue weighted by Crippen LogP contribution is -2.64. The second-order valence-electron chi connectivity index (χ2n) is 9.63. The maximum absolute atomic E-state index is 13.9. The fraction of sp³-hybridized carbons (Fsp3) is 0.464. The highest BCUT2D eigenvalue weighted by Gasteiger charge is 2.40. The molecule has 2 aliphatic rings. The van der Waals surface area contributed by atoms with Gasteiger partial charge < -0.3 is 19.3 Å². The molecular formula is C28H35N2O3+. The molecule has 1 aliphatic heterocycles. The highest BCUT2D eigenvalue weighted by Crippen LogP contribution is 2.35. The van der Waals surface area contributed by atoms with E-state index in [0.717, 1.165) is 37.1 Å². The lowest BCUT2D eigenvalue weighted by Gasteiger charge is -2.41. The summed E-state index contributed by atoms with van der Waals surface area (Å²) in [5, 5.41) is 3.40. The van der Waals surface area contributed by atoms with Crippen LogP contribution in [0.4, 0.5) is 0 Å². The molecule has 5 heteroatoms. The molecule has 0 radical (unpaired) electrons. The van der Waals surface area contributed by atoms with Crippen LogP contribution in [0.2, 0.25) is 0 Å². The topological polar surface area (TPSA) is 47.6 Å². The van der Waals surface area contributed by atoms with Crippen molar-refractivity contribution in [2.24, 2.45) is 0 Å². The van der Waals surface area contributed by atoms with E-state index >= 15 is 0 Å². The zero-order valence-electron chi connectivity index (χ0n) is 20.0. The van der Waals surface area contributed by atoms with Crippen molar-refractivity contribution in [3.63, 3.8) is 0 Å². The van der Waals surface area contributed by atoms with Crippen molar-refractivity contribution in [2.45, 2.75) is 43.7 Å². The molecule has 0 spiro atoms. The zero-order chi connectivity index (χ0) is 23.3. The summed E-state index contributed by atoms with van der Waals surface area (Å²) in [4.78, 5) is 13.9. The highest BCUT2D eigenvalue weighted by atomic mass is 16.5. The predicted octanol–water partition coefficient (Wildman–Crippen LogP) is 3.77. The molecule has 1 N–H and O–H groups in total. The van der Waals surface area contributed by atoms with Gasteiger partial charge in [0.15, 0.2) is 17.5 Å². The number of hydrogen-bond acceptors (Lipinski definition) is 4. The normalized spacial score (nSPS) is 21.0. The SMILES string of the molecule is COc1ccc(C(C#Cc2ccccc2)C(=O)C2CNCC[N+]2(C)C)cc1OC1CCCC1. The minimum absolute atomic E-state index is 0.146. The standard InChI is InChI=1S/C28H35N2O3/c1-30(2)18-17-29-20-25(30)28(31)24(15-13-21-9-5-4-6-10-21)22-14-16-26(32-3)27(19-22)33-23-11-7-8-12-23/h4-6,9-10,14,16,19,23-25,29H,7-8,11-12,17-18,20H2,1-3H3/q+1. The summed E-state index contributed by atoms with van der Waals surface area (Å²) in [5.74, 6) is 7.56. The molecule has 2 fully saturated rings. The van der Waals surface area contributed by atoms with Crippen LogP contribution >= 0.6 is 0 Å². The first kappa shape index (κ1) is 23.4. The van der Waals surface area contributed by atoms with Gasteiger partial charge in [-0.3, -0.25) is 4.79 Å². The molecule has 2 unspecified atom stereocenters. The molecular weight excluding hydrogens is 412 g/mol. The van der Waals surface area contributed by atoms with E-state index in [1.165, 1.54) is 12.8 Å². The third-order valence-electron chi connectivity index (χ3n) is 6.91. The van der Waals surface area contributed by atoms with E-state index in [-0.39, 0.29) is 17.9 Å². The number of methoxy groups -OCH3 is 1. The number of rotatable bonds is 6. The Bertz CT molecular complexity index is 1020. The molecule has 0 bridgehead atoms. The number of Topliss-reactive ketones (excluding diaryl/α,β-unsaturated/α-hetero) is 1. The first-order valence-corrected chi connectivity index (χ1v) is 12.0. The summed E-state index contributed by atoms with van der Waals surface area (Å²) in [5.41, 5.74) is 1.77. The molecule has 1 heterocycles. The second-order valence-corrected chi connectivity index (χ2v) is 9.63. The van der Waals surface area contributed by atoms with Crippen molar-refractivity contribution >= 4 is 5.78 Å². The van der Waals surface area contributed by atoms with Gasteiger partial charge in [0.25, 0.3) is 0 Å². The summed E-state index contributed by atoms with van der Waals surface area (Å²) in [6.45, 7) is 2.49. The van der Waals surface area contributed by atoms with Gasteiger partial charge in [0.1, 0.15) is 5.92 Å². The molecule has 2 atom stereocenters. The average Bonchev–Trinajstić information content (AvgIpc) is 3.33. The van der Waals surface area contributed by atoms with E-state index in [4.69, 9.17) is 9.47 Å². The van der Waals surface area contributed by atoms with E-state index in [9.17, 15) is 4.79 Å². The van der Waals surface area contributed by atoms with Gasteiger partial charge in [0.05, 0.1) is 40.4 Å². The Morgan fingerprint density at radius 3 is 2.55 bits per heavy atom. The molecule has 4 rings (SSSR count). The van der Waals surface area contributed by atoms with Crippen molar-refractivity contribution in [2.75, 3.05) is 40.8 Å². The Morgan fingerprint density at radius 2 is 1.85 bits per heavy atom. The van der Waals surface area contributed by atoms with Crippen molar-refractivity contribution in [1.29, 1.82) is 0 Å². The number of ether oxygens (including phenoxy) is 2. The van der Waals surface area contributed by atoms with Crippen molar-refractivity contribution < 1.29 is 18.8 Å². The summed E-state index contributed by atoms with van der Waals surface area (Å²) in [6, 6.07) is 15.5. The fourth-order valence-corrected chi connectivity index (χ4v) is 4.79. The number of nitrogens with one attached hydrogen (secondary N) is 1. The Kier molecular flexibility index (Phi) is 7.37. The van der Waals surface area contributed by atoms with Gasteiger partial charge in [0, 0.05) is 12.1 Å². The Balaban J connectivity index is 1.71. The van der Waals surface area contributed by atoms with E-state index < -0.39 is 5.92 Å². The van der Waals surface area contributed by atoms with Gasteiger partial charge in [-0.15, -0.1) is 0 Å². The molecule has 1 saturated carbocycles. The van der Waals surface area contributed by atoms with Crippen LogP contribution in [0.5, 0.6) is 11.5 Å². The Labute approximate surface area is 197 Å². The maximum atomic E-state index is 13.9.